The number of nitrogens with one attached hydrogen (secondary N) is 1. The van der Waals surface area contributed by atoms with Crippen molar-refractivity contribution in [2.75, 3.05) is 19.6 Å². The summed E-state index contributed by atoms with van der Waals surface area (Å²) in [6.45, 7) is 6.63. The second-order valence-corrected chi connectivity index (χ2v) is 7.70. The van der Waals surface area contributed by atoms with Gasteiger partial charge in [-0.3, -0.25) is 19.6 Å². The Bertz CT molecular complexity index is 619. The summed E-state index contributed by atoms with van der Waals surface area (Å²) in [5.74, 6) is 0.306. The fourth-order valence-electron chi connectivity index (χ4n) is 4.11. The number of carbonyl (C=O) groups is 2. The summed E-state index contributed by atoms with van der Waals surface area (Å²) in [5.41, 5.74) is 7.04. The van der Waals surface area contributed by atoms with E-state index in [1.165, 1.54) is 0 Å². The minimum atomic E-state index is -0.217. The van der Waals surface area contributed by atoms with Gasteiger partial charge in [0.2, 0.25) is 5.91 Å². The molecule has 1 atom stereocenters. The molecule has 0 saturated carbocycles. The van der Waals surface area contributed by atoms with Crippen molar-refractivity contribution in [1.82, 2.24) is 20.0 Å². The van der Waals surface area contributed by atoms with Crippen LogP contribution in [0.1, 0.15) is 55.7 Å². The summed E-state index contributed by atoms with van der Waals surface area (Å²) >= 11 is 0. The van der Waals surface area contributed by atoms with E-state index in [0.717, 1.165) is 44.3 Å². The van der Waals surface area contributed by atoms with Crippen LogP contribution in [0.2, 0.25) is 0 Å². The molecule has 0 aliphatic carbocycles. The van der Waals surface area contributed by atoms with E-state index < -0.39 is 0 Å². The number of carbonyl (C=O) groups excluding carboxylic acids is 2. The van der Waals surface area contributed by atoms with E-state index in [1.807, 2.05) is 11.0 Å². The molecule has 25 heavy (non-hydrogen) atoms. The van der Waals surface area contributed by atoms with E-state index in [1.54, 1.807) is 0 Å². The number of amides is 2. The van der Waals surface area contributed by atoms with Crippen LogP contribution in [0, 0.1) is 5.92 Å². The van der Waals surface area contributed by atoms with Crippen molar-refractivity contribution in [2.45, 2.75) is 58.0 Å². The number of hydrogen-bond donors (Lipinski definition) is 2. The third-order valence-corrected chi connectivity index (χ3v) is 5.32. The average Bonchev–Trinajstić information content (AvgIpc) is 3.23. The number of H-pyrrole nitrogens is 1. The molecule has 0 aromatic carbocycles. The van der Waals surface area contributed by atoms with Gasteiger partial charge in [-0.2, -0.15) is 5.10 Å². The van der Waals surface area contributed by atoms with Gasteiger partial charge in [-0.1, -0.05) is 13.8 Å². The summed E-state index contributed by atoms with van der Waals surface area (Å²) < 4.78 is 0. The number of nitrogens with zero attached hydrogens (tertiary/aromatic N) is 3. The van der Waals surface area contributed by atoms with Crippen molar-refractivity contribution in [3.05, 3.63) is 17.5 Å². The molecule has 2 aliphatic rings. The normalized spacial score (nSPS) is 22.7. The van der Waals surface area contributed by atoms with Crippen LogP contribution in [-0.2, 0) is 11.2 Å². The molecule has 2 saturated heterocycles. The van der Waals surface area contributed by atoms with Crippen molar-refractivity contribution in [3.63, 3.8) is 0 Å². The Labute approximate surface area is 148 Å². The third-order valence-electron chi connectivity index (χ3n) is 5.32. The molecule has 1 aromatic heterocycles. The molecule has 7 nitrogen and oxygen atoms in total. The molecule has 3 heterocycles. The highest BCUT2D eigenvalue weighted by molar-refractivity contribution is 5.92. The van der Waals surface area contributed by atoms with Crippen molar-refractivity contribution in [2.24, 2.45) is 11.7 Å². The lowest BCUT2D eigenvalue weighted by Crippen LogP contribution is -2.51. The molecule has 0 spiro atoms. The number of hydrogen-bond acceptors (Lipinski definition) is 4. The van der Waals surface area contributed by atoms with Crippen molar-refractivity contribution < 1.29 is 9.59 Å². The average molecular weight is 347 g/mol. The lowest BCUT2D eigenvalue weighted by atomic mass is 10.0. The highest BCUT2D eigenvalue weighted by Gasteiger charge is 2.36. The quantitative estimate of drug-likeness (QED) is 0.835. The largest absolute Gasteiger partial charge is 0.368 e. The molecule has 2 aliphatic heterocycles. The third kappa shape index (κ3) is 4.03. The summed E-state index contributed by atoms with van der Waals surface area (Å²) in [7, 11) is 0. The first-order valence-electron chi connectivity index (χ1n) is 9.34. The molecule has 138 valence electrons. The predicted molar refractivity (Wildman–Crippen MR) is 95.0 cm³/mol. The summed E-state index contributed by atoms with van der Waals surface area (Å²) in [6, 6.07) is 2.09. The topological polar surface area (TPSA) is 95.3 Å². The fourth-order valence-corrected chi connectivity index (χ4v) is 4.11. The van der Waals surface area contributed by atoms with Crippen molar-refractivity contribution in [3.8, 4) is 0 Å². The van der Waals surface area contributed by atoms with Gasteiger partial charge in [0.15, 0.2) is 0 Å². The van der Waals surface area contributed by atoms with Crippen LogP contribution in [0.4, 0.5) is 0 Å². The van der Waals surface area contributed by atoms with Crippen LogP contribution in [0.25, 0.3) is 0 Å². The molecule has 3 N–H and O–H groups in total. The van der Waals surface area contributed by atoms with E-state index in [2.05, 4.69) is 28.9 Å². The highest BCUT2D eigenvalue weighted by Crippen LogP contribution is 2.26. The second kappa shape index (κ2) is 7.56. The predicted octanol–water partition coefficient (Wildman–Crippen LogP) is 1.16. The van der Waals surface area contributed by atoms with Gasteiger partial charge in [0.1, 0.15) is 5.69 Å². The zero-order chi connectivity index (χ0) is 18.0. The first kappa shape index (κ1) is 17.9. The number of rotatable bonds is 5. The SMILES string of the molecule is CC(C)Cc1cc(C(=O)N2CCC(N3CCC[C@@H]3C(N)=O)CC2)n[nH]1. The monoisotopic (exact) mass is 347 g/mol. The van der Waals surface area contributed by atoms with Crippen molar-refractivity contribution >= 4 is 11.8 Å². The Morgan fingerprint density at radius 2 is 2.00 bits per heavy atom. The van der Waals surface area contributed by atoms with Crippen molar-refractivity contribution in [1.29, 1.82) is 0 Å². The molecule has 0 unspecified atom stereocenters. The van der Waals surface area contributed by atoms with Crippen LogP contribution in [0.3, 0.4) is 0 Å². The van der Waals surface area contributed by atoms with Crippen LogP contribution >= 0.6 is 0 Å². The summed E-state index contributed by atoms with van der Waals surface area (Å²) in [4.78, 5) is 28.4. The lowest BCUT2D eigenvalue weighted by molar-refractivity contribution is -0.123. The molecule has 0 radical (unpaired) electrons. The van der Waals surface area contributed by atoms with Crippen LogP contribution in [-0.4, -0.2) is 63.5 Å². The molecular formula is C18H29N5O2. The standard InChI is InChI=1S/C18H29N5O2/c1-12(2)10-13-11-15(21-20-13)18(25)22-8-5-14(6-9-22)23-7-3-4-16(23)17(19)24/h11-12,14,16H,3-10H2,1-2H3,(H2,19,24)(H,20,21)/t16-/m1/s1. The van der Waals surface area contributed by atoms with Gasteiger partial charge < -0.3 is 10.6 Å². The number of likely N-dealkylation sites (tertiary alicyclic amines) is 2. The molecular weight excluding hydrogens is 318 g/mol. The summed E-state index contributed by atoms with van der Waals surface area (Å²) in [6.07, 6.45) is 4.56. The van der Waals surface area contributed by atoms with E-state index >= 15 is 0 Å². The molecule has 2 amide bonds. The zero-order valence-electron chi connectivity index (χ0n) is 15.2. The summed E-state index contributed by atoms with van der Waals surface area (Å²) in [5, 5.41) is 7.16. The van der Waals surface area contributed by atoms with Crippen LogP contribution in [0.5, 0.6) is 0 Å². The highest BCUT2D eigenvalue weighted by atomic mass is 16.2. The van der Waals surface area contributed by atoms with Crippen LogP contribution < -0.4 is 5.73 Å². The van der Waals surface area contributed by atoms with Gasteiger partial charge in [0.25, 0.3) is 5.91 Å². The Hall–Kier alpha value is -1.89. The number of nitrogens with two attached hydrogens (primary N) is 1. The van der Waals surface area contributed by atoms with Gasteiger partial charge in [-0.25, -0.2) is 0 Å². The first-order chi connectivity index (χ1) is 12.0. The minimum Gasteiger partial charge on any atom is -0.368 e. The first-order valence-corrected chi connectivity index (χ1v) is 9.34. The van der Waals surface area contributed by atoms with E-state index in [9.17, 15) is 9.59 Å². The molecule has 3 rings (SSSR count). The van der Waals surface area contributed by atoms with Gasteiger partial charge in [-0.15, -0.1) is 0 Å². The van der Waals surface area contributed by atoms with Gasteiger partial charge >= 0.3 is 0 Å². The van der Waals surface area contributed by atoms with Gasteiger partial charge in [0.05, 0.1) is 6.04 Å². The van der Waals surface area contributed by atoms with Gasteiger partial charge in [-0.05, 0) is 50.6 Å². The Morgan fingerprint density at radius 1 is 1.28 bits per heavy atom. The van der Waals surface area contributed by atoms with E-state index in [-0.39, 0.29) is 17.9 Å². The molecule has 1 aromatic rings. The Morgan fingerprint density at radius 3 is 2.64 bits per heavy atom. The Balaban J connectivity index is 1.56. The number of aromatic amines is 1. The number of primary amides is 1. The molecule has 2 fully saturated rings. The Kier molecular flexibility index (Phi) is 5.42. The number of piperidine rings is 1. The van der Waals surface area contributed by atoms with Gasteiger partial charge in [0, 0.05) is 24.8 Å². The maximum absolute atomic E-state index is 12.7. The molecule has 7 heteroatoms. The second-order valence-electron chi connectivity index (χ2n) is 7.70. The number of aromatic nitrogens is 2. The maximum atomic E-state index is 12.7. The fraction of sp³-hybridized carbons (Fsp3) is 0.722. The minimum absolute atomic E-state index is 0.00224. The van der Waals surface area contributed by atoms with E-state index in [4.69, 9.17) is 5.73 Å². The van der Waals surface area contributed by atoms with E-state index in [0.29, 0.717) is 30.7 Å². The smallest absolute Gasteiger partial charge is 0.274 e. The molecule has 0 bridgehead atoms. The zero-order valence-corrected chi connectivity index (χ0v) is 15.2. The lowest BCUT2D eigenvalue weighted by Gasteiger charge is -2.38. The maximum Gasteiger partial charge on any atom is 0.274 e. The van der Waals surface area contributed by atoms with Crippen LogP contribution in [0.15, 0.2) is 6.07 Å².